The molecule has 0 aromatic heterocycles. The molecule has 0 heterocycles. The molecule has 3 rings (SSSR count). The lowest BCUT2D eigenvalue weighted by molar-refractivity contribution is 0.306. The van der Waals surface area contributed by atoms with Gasteiger partial charge in [-0.05, 0) is 47.5 Å². The van der Waals surface area contributed by atoms with E-state index in [0.717, 1.165) is 16.8 Å². The second-order valence-corrected chi connectivity index (χ2v) is 6.58. The Morgan fingerprint density at radius 1 is 0.840 bits per heavy atom. The predicted molar refractivity (Wildman–Crippen MR) is 106 cm³/mol. The zero-order valence-electron chi connectivity index (χ0n) is 13.1. The maximum atomic E-state index is 6.32. The van der Waals surface area contributed by atoms with Gasteiger partial charge in [0.05, 0.1) is 15.7 Å². The van der Waals surface area contributed by atoms with Gasteiger partial charge in [-0.3, -0.25) is 4.99 Å². The zero-order chi connectivity index (χ0) is 17.6. The van der Waals surface area contributed by atoms with Crippen LogP contribution < -0.4 is 4.74 Å². The van der Waals surface area contributed by atoms with E-state index in [1.807, 2.05) is 54.6 Å². The molecule has 0 fully saturated rings. The molecule has 25 heavy (non-hydrogen) atoms. The van der Waals surface area contributed by atoms with Gasteiger partial charge < -0.3 is 4.74 Å². The number of hydrogen-bond acceptors (Lipinski definition) is 2. The minimum Gasteiger partial charge on any atom is -0.486 e. The van der Waals surface area contributed by atoms with Crippen LogP contribution in [0, 0.1) is 0 Å². The number of nitrogens with zero attached hydrogens (tertiary/aromatic N) is 1. The normalized spacial score (nSPS) is 11.0. The van der Waals surface area contributed by atoms with Crippen molar-refractivity contribution < 1.29 is 4.74 Å². The van der Waals surface area contributed by atoms with Gasteiger partial charge in [0.15, 0.2) is 5.75 Å². The molecule has 0 aliphatic carbocycles. The highest BCUT2D eigenvalue weighted by Crippen LogP contribution is 2.34. The van der Waals surface area contributed by atoms with Crippen LogP contribution in [-0.4, -0.2) is 6.21 Å². The lowest BCUT2D eigenvalue weighted by Crippen LogP contribution is -1.97. The van der Waals surface area contributed by atoms with Crippen LogP contribution in [-0.2, 0) is 6.61 Å². The Bertz CT molecular complexity index is 871. The van der Waals surface area contributed by atoms with Gasteiger partial charge >= 0.3 is 0 Å². The quantitative estimate of drug-likeness (QED) is 0.431. The van der Waals surface area contributed by atoms with E-state index in [2.05, 4.69) is 4.99 Å². The first-order chi connectivity index (χ1) is 12.1. The average Bonchev–Trinajstić information content (AvgIpc) is 2.60. The van der Waals surface area contributed by atoms with E-state index in [4.69, 9.17) is 39.5 Å². The number of aliphatic imine (C=N–C) groups is 1. The van der Waals surface area contributed by atoms with E-state index in [-0.39, 0.29) is 0 Å². The highest BCUT2D eigenvalue weighted by Gasteiger charge is 2.10. The van der Waals surface area contributed by atoms with Gasteiger partial charge in [0.2, 0.25) is 0 Å². The fourth-order valence-electron chi connectivity index (χ4n) is 2.24. The molecule has 3 aromatic rings. The van der Waals surface area contributed by atoms with E-state index >= 15 is 0 Å². The molecule has 3 aromatic carbocycles. The smallest absolute Gasteiger partial charge is 0.157 e. The Morgan fingerprint density at radius 3 is 2.24 bits per heavy atom. The summed E-state index contributed by atoms with van der Waals surface area (Å²) >= 11 is 18.6. The monoisotopic (exact) mass is 389 g/mol. The molecular weight excluding hydrogens is 377 g/mol. The van der Waals surface area contributed by atoms with Crippen molar-refractivity contribution in [1.82, 2.24) is 0 Å². The number of para-hydroxylation sites is 1. The van der Waals surface area contributed by atoms with Gasteiger partial charge in [-0.15, -0.1) is 0 Å². The molecule has 126 valence electrons. The molecule has 0 saturated carbocycles. The third kappa shape index (κ3) is 4.99. The van der Waals surface area contributed by atoms with E-state index in [1.165, 1.54) is 0 Å². The molecule has 0 N–H and O–H groups in total. The van der Waals surface area contributed by atoms with Crippen LogP contribution in [0.5, 0.6) is 5.75 Å². The lowest BCUT2D eigenvalue weighted by Gasteiger charge is -2.11. The first-order valence-corrected chi connectivity index (χ1v) is 8.70. The lowest BCUT2D eigenvalue weighted by atomic mass is 10.2. The van der Waals surface area contributed by atoms with Crippen molar-refractivity contribution >= 4 is 46.7 Å². The maximum Gasteiger partial charge on any atom is 0.157 e. The molecular formula is C20H14Cl3NO. The minimum atomic E-state index is 0.331. The van der Waals surface area contributed by atoms with Crippen LogP contribution in [0.25, 0.3) is 0 Å². The van der Waals surface area contributed by atoms with Gasteiger partial charge in [-0.2, -0.15) is 0 Å². The van der Waals surface area contributed by atoms with Crippen molar-refractivity contribution in [3.05, 3.63) is 92.9 Å². The van der Waals surface area contributed by atoms with E-state index in [9.17, 15) is 0 Å². The number of ether oxygens (including phenoxy) is 1. The highest BCUT2D eigenvalue weighted by atomic mass is 35.5. The number of rotatable bonds is 5. The van der Waals surface area contributed by atoms with Crippen LogP contribution in [0.15, 0.2) is 71.7 Å². The van der Waals surface area contributed by atoms with Crippen molar-refractivity contribution in [2.24, 2.45) is 4.99 Å². The molecule has 0 radical (unpaired) electrons. The number of hydrogen-bond donors (Lipinski definition) is 0. The van der Waals surface area contributed by atoms with Gasteiger partial charge in [0.25, 0.3) is 0 Å². The Balaban J connectivity index is 1.75. The molecule has 0 atom stereocenters. The Kier molecular flexibility index (Phi) is 5.98. The van der Waals surface area contributed by atoms with E-state index < -0.39 is 0 Å². The number of benzene rings is 3. The van der Waals surface area contributed by atoms with Crippen molar-refractivity contribution in [2.75, 3.05) is 0 Å². The Morgan fingerprint density at radius 2 is 1.56 bits per heavy atom. The van der Waals surface area contributed by atoms with Gasteiger partial charge in [-0.1, -0.05) is 65.1 Å². The third-order valence-electron chi connectivity index (χ3n) is 3.41. The van der Waals surface area contributed by atoms with Gasteiger partial charge in [-0.25, -0.2) is 0 Å². The summed E-state index contributed by atoms with van der Waals surface area (Å²) in [6, 6.07) is 20.6. The summed E-state index contributed by atoms with van der Waals surface area (Å²) in [6.07, 6.45) is 1.72. The summed E-state index contributed by atoms with van der Waals surface area (Å²) in [6.45, 7) is 0.331. The van der Waals surface area contributed by atoms with Crippen molar-refractivity contribution in [3.63, 3.8) is 0 Å². The SMILES string of the molecule is Clc1cccc(COc2c(Cl)cc(C=Nc3ccccc3)cc2Cl)c1. The average molecular weight is 391 g/mol. The van der Waals surface area contributed by atoms with Crippen LogP contribution in [0.3, 0.4) is 0 Å². The molecule has 2 nitrogen and oxygen atoms in total. The maximum absolute atomic E-state index is 6.32. The summed E-state index contributed by atoms with van der Waals surface area (Å²) in [7, 11) is 0. The first-order valence-electron chi connectivity index (χ1n) is 7.57. The standard InChI is InChI=1S/C20H14Cl3NO/c21-16-6-4-5-14(9-16)13-25-20-18(22)10-15(11-19(20)23)12-24-17-7-2-1-3-8-17/h1-12H,13H2. The molecule has 0 saturated heterocycles. The van der Waals surface area contributed by atoms with E-state index in [0.29, 0.717) is 27.4 Å². The van der Waals surface area contributed by atoms with Gasteiger partial charge in [0, 0.05) is 11.2 Å². The molecule has 0 spiro atoms. The first kappa shape index (κ1) is 17.8. The molecule has 0 unspecified atom stereocenters. The number of halogens is 3. The summed E-state index contributed by atoms with van der Waals surface area (Å²) < 4.78 is 5.76. The zero-order valence-corrected chi connectivity index (χ0v) is 15.4. The molecule has 0 aliphatic heterocycles. The molecule has 0 amide bonds. The molecule has 5 heteroatoms. The van der Waals surface area contributed by atoms with Crippen LogP contribution in [0.4, 0.5) is 5.69 Å². The topological polar surface area (TPSA) is 21.6 Å². The summed E-state index contributed by atoms with van der Waals surface area (Å²) in [5.41, 5.74) is 2.60. The van der Waals surface area contributed by atoms with Crippen molar-refractivity contribution in [1.29, 1.82) is 0 Å². The Labute approximate surface area is 161 Å². The third-order valence-corrected chi connectivity index (χ3v) is 4.21. The minimum absolute atomic E-state index is 0.331. The van der Waals surface area contributed by atoms with Crippen molar-refractivity contribution in [3.8, 4) is 5.75 Å². The second-order valence-electron chi connectivity index (χ2n) is 5.33. The summed E-state index contributed by atoms with van der Waals surface area (Å²) in [5.74, 6) is 0.445. The Hall–Kier alpha value is -2.00. The summed E-state index contributed by atoms with van der Waals surface area (Å²) in [4.78, 5) is 4.39. The largest absolute Gasteiger partial charge is 0.486 e. The summed E-state index contributed by atoms with van der Waals surface area (Å²) in [5, 5.41) is 1.53. The van der Waals surface area contributed by atoms with Crippen LogP contribution in [0.2, 0.25) is 15.1 Å². The highest BCUT2D eigenvalue weighted by molar-refractivity contribution is 6.37. The molecule has 0 aliphatic rings. The van der Waals surface area contributed by atoms with Crippen LogP contribution in [0.1, 0.15) is 11.1 Å². The van der Waals surface area contributed by atoms with Gasteiger partial charge in [0.1, 0.15) is 6.61 Å². The van der Waals surface area contributed by atoms with Crippen LogP contribution >= 0.6 is 34.8 Å². The van der Waals surface area contributed by atoms with E-state index in [1.54, 1.807) is 18.3 Å². The second kappa shape index (κ2) is 8.39. The predicted octanol–water partition coefficient (Wildman–Crippen LogP) is 6.98. The fourth-order valence-corrected chi connectivity index (χ4v) is 3.06. The van der Waals surface area contributed by atoms with Crippen molar-refractivity contribution in [2.45, 2.75) is 6.61 Å². The fraction of sp³-hybridized carbons (Fsp3) is 0.0500. The molecule has 0 bridgehead atoms.